The van der Waals surface area contributed by atoms with Crippen molar-refractivity contribution in [2.75, 3.05) is 7.05 Å². The number of halogens is 1. The lowest BCUT2D eigenvalue weighted by atomic mass is 10.3. The number of hydrogen-bond donors (Lipinski definition) is 2. The van der Waals surface area contributed by atoms with E-state index in [2.05, 4.69) is 31.9 Å². The van der Waals surface area contributed by atoms with Gasteiger partial charge in [-0.2, -0.15) is 0 Å². The molecule has 0 amide bonds. The van der Waals surface area contributed by atoms with Crippen LogP contribution in [0, 0.1) is 0 Å². The molecule has 1 heterocycles. The van der Waals surface area contributed by atoms with Crippen LogP contribution in [0.3, 0.4) is 0 Å². The van der Waals surface area contributed by atoms with Crippen LogP contribution in [0.4, 0.5) is 0 Å². The summed E-state index contributed by atoms with van der Waals surface area (Å²) in [5.74, 6) is 0. The van der Waals surface area contributed by atoms with Crippen molar-refractivity contribution in [3.63, 3.8) is 0 Å². The summed E-state index contributed by atoms with van der Waals surface area (Å²) >= 11 is 3.49. The second-order valence-corrected chi connectivity index (χ2v) is 3.50. The van der Waals surface area contributed by atoms with Gasteiger partial charge in [0.1, 0.15) is 0 Å². The summed E-state index contributed by atoms with van der Waals surface area (Å²) in [5, 5.41) is 3.11. The Bertz CT molecular complexity index is 268. The monoisotopic (exact) mass is 231 g/mol. The van der Waals surface area contributed by atoms with Gasteiger partial charge in [0.2, 0.25) is 0 Å². The molecule has 0 aromatic carbocycles. The van der Waals surface area contributed by atoms with E-state index in [-0.39, 0.29) is 0 Å². The van der Waals surface area contributed by atoms with Crippen LogP contribution in [0.15, 0.2) is 10.7 Å². The van der Waals surface area contributed by atoms with E-state index in [0.717, 1.165) is 16.7 Å². The molecule has 0 fully saturated rings. The summed E-state index contributed by atoms with van der Waals surface area (Å²) in [7, 11) is 3.96. The zero-order chi connectivity index (χ0) is 9.14. The van der Waals surface area contributed by atoms with E-state index in [1.807, 2.05) is 14.1 Å². The van der Waals surface area contributed by atoms with Crippen molar-refractivity contribution < 1.29 is 0 Å². The Morgan fingerprint density at radius 2 is 2.33 bits per heavy atom. The Hall–Kier alpha value is -0.320. The van der Waals surface area contributed by atoms with Gasteiger partial charge >= 0.3 is 0 Å². The minimum atomic E-state index is 0.581. The molecule has 3 nitrogen and oxygen atoms in total. The van der Waals surface area contributed by atoms with Crippen molar-refractivity contribution in [1.82, 2.24) is 9.88 Å². The summed E-state index contributed by atoms with van der Waals surface area (Å²) in [6.07, 6.45) is 0. The zero-order valence-corrected chi connectivity index (χ0v) is 8.98. The van der Waals surface area contributed by atoms with Gasteiger partial charge in [0.25, 0.3) is 0 Å². The Balaban J connectivity index is 2.98. The zero-order valence-electron chi connectivity index (χ0n) is 7.39. The van der Waals surface area contributed by atoms with Gasteiger partial charge in [0.05, 0.1) is 4.60 Å². The number of nitrogens with zero attached hydrogens (tertiary/aromatic N) is 1. The van der Waals surface area contributed by atoms with E-state index in [0.29, 0.717) is 6.54 Å². The average molecular weight is 232 g/mol. The molecule has 1 aromatic heterocycles. The Morgan fingerprint density at radius 3 is 2.75 bits per heavy atom. The summed E-state index contributed by atoms with van der Waals surface area (Å²) in [5.41, 5.74) is 7.96. The van der Waals surface area contributed by atoms with Gasteiger partial charge in [-0.15, -0.1) is 0 Å². The average Bonchev–Trinajstić information content (AvgIpc) is 2.33. The molecule has 0 bridgehead atoms. The molecular formula is C8H14BrN3. The molecule has 0 saturated carbocycles. The van der Waals surface area contributed by atoms with Gasteiger partial charge in [-0.25, -0.2) is 0 Å². The first kappa shape index (κ1) is 9.77. The molecule has 0 spiro atoms. The third-order valence-corrected chi connectivity index (χ3v) is 2.95. The maximum Gasteiger partial charge on any atom is 0.0891 e. The van der Waals surface area contributed by atoms with Crippen molar-refractivity contribution in [1.29, 1.82) is 0 Å². The van der Waals surface area contributed by atoms with Crippen LogP contribution in [-0.2, 0) is 20.1 Å². The quantitative estimate of drug-likeness (QED) is 0.815. The predicted molar refractivity (Wildman–Crippen MR) is 53.8 cm³/mol. The molecule has 1 aromatic rings. The summed E-state index contributed by atoms with van der Waals surface area (Å²) in [4.78, 5) is 0. The lowest BCUT2D eigenvalue weighted by Crippen LogP contribution is -2.08. The molecule has 1 rings (SSSR count). The minimum Gasteiger partial charge on any atom is -0.341 e. The highest BCUT2D eigenvalue weighted by atomic mass is 79.9. The third kappa shape index (κ3) is 1.71. The van der Waals surface area contributed by atoms with Crippen LogP contribution in [0.5, 0.6) is 0 Å². The number of nitrogens with one attached hydrogen (secondary N) is 1. The smallest absolute Gasteiger partial charge is 0.0891 e. The van der Waals surface area contributed by atoms with Gasteiger partial charge in [-0.1, -0.05) is 0 Å². The first-order chi connectivity index (χ1) is 5.70. The summed E-state index contributed by atoms with van der Waals surface area (Å²) in [6, 6.07) is 2.11. The fraction of sp³-hybridized carbons (Fsp3) is 0.500. The van der Waals surface area contributed by atoms with Crippen molar-refractivity contribution in [3.05, 3.63) is 21.9 Å². The molecular weight excluding hydrogens is 218 g/mol. The minimum absolute atomic E-state index is 0.581. The number of aromatic nitrogens is 1. The first-order valence-electron chi connectivity index (χ1n) is 3.88. The number of nitrogens with two attached hydrogens (primary N) is 1. The van der Waals surface area contributed by atoms with Gasteiger partial charge in [-0.3, -0.25) is 0 Å². The molecule has 0 aliphatic heterocycles. The maximum absolute atomic E-state index is 5.57. The molecule has 0 radical (unpaired) electrons. The Kier molecular flexibility index (Phi) is 3.31. The van der Waals surface area contributed by atoms with E-state index in [1.165, 1.54) is 5.69 Å². The standard InChI is InChI=1S/C8H14BrN3/c1-11-5-7-3-6(4-10)8(9)12(7)2/h3,11H,4-5,10H2,1-2H3. The van der Waals surface area contributed by atoms with E-state index < -0.39 is 0 Å². The van der Waals surface area contributed by atoms with Crippen LogP contribution >= 0.6 is 15.9 Å². The Morgan fingerprint density at radius 1 is 1.67 bits per heavy atom. The molecule has 3 N–H and O–H groups in total. The van der Waals surface area contributed by atoms with E-state index in [4.69, 9.17) is 5.73 Å². The predicted octanol–water partition coefficient (Wildman–Crippen LogP) is 0.966. The van der Waals surface area contributed by atoms with Crippen LogP contribution < -0.4 is 11.1 Å². The third-order valence-electron chi connectivity index (χ3n) is 1.91. The molecule has 68 valence electrons. The van der Waals surface area contributed by atoms with Gasteiger partial charge < -0.3 is 15.6 Å². The van der Waals surface area contributed by atoms with E-state index >= 15 is 0 Å². The van der Waals surface area contributed by atoms with Gasteiger partial charge in [-0.05, 0) is 34.6 Å². The lowest BCUT2D eigenvalue weighted by molar-refractivity contribution is 0.726. The van der Waals surface area contributed by atoms with Crippen LogP contribution in [0.25, 0.3) is 0 Å². The van der Waals surface area contributed by atoms with Crippen LogP contribution in [0.2, 0.25) is 0 Å². The molecule has 0 saturated heterocycles. The normalized spacial score (nSPS) is 10.7. The second kappa shape index (κ2) is 4.07. The number of hydrogen-bond acceptors (Lipinski definition) is 2. The largest absolute Gasteiger partial charge is 0.341 e. The highest BCUT2D eigenvalue weighted by molar-refractivity contribution is 9.10. The van der Waals surface area contributed by atoms with Crippen LogP contribution in [-0.4, -0.2) is 11.6 Å². The molecule has 0 unspecified atom stereocenters. The van der Waals surface area contributed by atoms with Crippen LogP contribution in [0.1, 0.15) is 11.3 Å². The molecule has 0 aliphatic rings. The fourth-order valence-electron chi connectivity index (χ4n) is 1.19. The number of rotatable bonds is 3. The van der Waals surface area contributed by atoms with E-state index in [1.54, 1.807) is 0 Å². The van der Waals surface area contributed by atoms with Gasteiger partial charge in [0, 0.05) is 25.8 Å². The fourth-order valence-corrected chi connectivity index (χ4v) is 1.70. The molecule has 0 aliphatic carbocycles. The first-order valence-corrected chi connectivity index (χ1v) is 4.67. The Labute approximate surface area is 81.1 Å². The summed E-state index contributed by atoms with van der Waals surface area (Å²) < 4.78 is 3.17. The maximum atomic E-state index is 5.57. The van der Waals surface area contributed by atoms with Crippen molar-refractivity contribution in [2.45, 2.75) is 13.1 Å². The van der Waals surface area contributed by atoms with Crippen molar-refractivity contribution >= 4 is 15.9 Å². The summed E-state index contributed by atoms with van der Waals surface area (Å²) in [6.45, 7) is 1.45. The molecule has 0 atom stereocenters. The topological polar surface area (TPSA) is 43.0 Å². The lowest BCUT2D eigenvalue weighted by Gasteiger charge is -2.02. The van der Waals surface area contributed by atoms with Gasteiger partial charge in [0.15, 0.2) is 0 Å². The van der Waals surface area contributed by atoms with Crippen molar-refractivity contribution in [2.24, 2.45) is 12.8 Å². The molecule has 12 heavy (non-hydrogen) atoms. The second-order valence-electron chi connectivity index (χ2n) is 2.75. The highest BCUT2D eigenvalue weighted by Crippen LogP contribution is 2.20. The van der Waals surface area contributed by atoms with Crippen molar-refractivity contribution in [3.8, 4) is 0 Å². The highest BCUT2D eigenvalue weighted by Gasteiger charge is 2.07. The molecule has 4 heteroatoms. The van der Waals surface area contributed by atoms with E-state index in [9.17, 15) is 0 Å². The SMILES string of the molecule is CNCc1cc(CN)c(Br)n1C.